The highest BCUT2D eigenvalue weighted by Gasteiger charge is 2.22. The van der Waals surface area contributed by atoms with Gasteiger partial charge >= 0.3 is 0 Å². The Kier molecular flexibility index (Phi) is 5.76. The average molecular weight is 580 g/mol. The van der Waals surface area contributed by atoms with Crippen molar-refractivity contribution in [3.8, 4) is 17.1 Å². The summed E-state index contributed by atoms with van der Waals surface area (Å²) in [7, 11) is 0. The summed E-state index contributed by atoms with van der Waals surface area (Å²) in [5, 5.41) is 5.12. The Bertz CT molecular complexity index is 2460. The number of fused-ring (bicyclic) bond motifs is 7. The molecule has 45 heavy (non-hydrogen) atoms. The SMILES string of the molecule is C/C=C\c1c(C)n(-c2cc(-n3c4c(c5ccccc53)C=CCC4)cc(-n3c4ccccc4c4ccccc43)c2)c2ccccc12. The predicted octanol–water partition coefficient (Wildman–Crippen LogP) is 11.0. The first-order valence-electron chi connectivity index (χ1n) is 15.9. The molecule has 0 N–H and O–H groups in total. The summed E-state index contributed by atoms with van der Waals surface area (Å²) in [5.74, 6) is 0. The smallest absolute Gasteiger partial charge is 0.0541 e. The quantitative estimate of drug-likeness (QED) is 0.197. The van der Waals surface area contributed by atoms with Crippen LogP contribution in [0, 0.1) is 6.92 Å². The molecule has 9 rings (SSSR count). The van der Waals surface area contributed by atoms with Crippen LogP contribution in [0.4, 0.5) is 0 Å². The Morgan fingerprint density at radius 3 is 1.67 bits per heavy atom. The molecule has 3 heterocycles. The van der Waals surface area contributed by atoms with Crippen LogP contribution < -0.4 is 0 Å². The highest BCUT2D eigenvalue weighted by molar-refractivity contribution is 6.09. The molecular formula is C42H33N3. The third kappa shape index (κ3) is 3.77. The van der Waals surface area contributed by atoms with E-state index >= 15 is 0 Å². The molecule has 0 saturated heterocycles. The number of rotatable bonds is 4. The van der Waals surface area contributed by atoms with Crippen molar-refractivity contribution >= 4 is 55.8 Å². The van der Waals surface area contributed by atoms with E-state index in [9.17, 15) is 0 Å². The summed E-state index contributed by atoms with van der Waals surface area (Å²) in [6.45, 7) is 4.35. The molecule has 0 amide bonds. The first-order chi connectivity index (χ1) is 22.2. The second kappa shape index (κ2) is 10.0. The van der Waals surface area contributed by atoms with Crippen LogP contribution in [0.5, 0.6) is 0 Å². The van der Waals surface area contributed by atoms with Crippen LogP contribution >= 0.6 is 0 Å². The van der Waals surface area contributed by atoms with Gasteiger partial charge < -0.3 is 13.7 Å². The number of nitrogens with zero attached hydrogens (tertiary/aromatic N) is 3. The molecule has 0 fully saturated rings. The second-order valence-electron chi connectivity index (χ2n) is 12.1. The molecule has 0 aliphatic heterocycles. The number of para-hydroxylation sites is 4. The van der Waals surface area contributed by atoms with Crippen LogP contribution in [0.2, 0.25) is 0 Å². The van der Waals surface area contributed by atoms with Crippen molar-refractivity contribution in [1.29, 1.82) is 0 Å². The van der Waals surface area contributed by atoms with Crippen molar-refractivity contribution in [3.05, 3.63) is 150 Å². The monoisotopic (exact) mass is 579 g/mol. The van der Waals surface area contributed by atoms with Crippen molar-refractivity contribution in [1.82, 2.24) is 13.7 Å². The standard InChI is InChI=1S/C42H33N3/c1-3-14-32-28(2)43(38-20-9-4-15-33(32)38)29-25-30(44-39-21-10-5-16-34(39)35-17-6-11-22-40(35)44)27-31(26-29)45-41-23-12-7-18-36(41)37-19-8-13-24-42(37)45/h3-12,14-23,25-27H,13,24H2,1-2H3/b14-3-. The number of benzene rings is 5. The van der Waals surface area contributed by atoms with Crippen molar-refractivity contribution in [2.24, 2.45) is 0 Å². The van der Waals surface area contributed by atoms with Crippen LogP contribution in [0.25, 0.3) is 72.8 Å². The lowest BCUT2D eigenvalue weighted by Gasteiger charge is -2.19. The van der Waals surface area contributed by atoms with Gasteiger partial charge in [-0.3, -0.25) is 0 Å². The van der Waals surface area contributed by atoms with Crippen molar-refractivity contribution in [2.45, 2.75) is 26.7 Å². The van der Waals surface area contributed by atoms with Gasteiger partial charge in [0.25, 0.3) is 0 Å². The minimum Gasteiger partial charge on any atom is -0.313 e. The molecule has 3 nitrogen and oxygen atoms in total. The van der Waals surface area contributed by atoms with Gasteiger partial charge in [0.2, 0.25) is 0 Å². The van der Waals surface area contributed by atoms with Gasteiger partial charge in [-0.25, -0.2) is 0 Å². The van der Waals surface area contributed by atoms with Gasteiger partial charge in [-0.05, 0) is 69.2 Å². The van der Waals surface area contributed by atoms with E-state index in [4.69, 9.17) is 0 Å². The Balaban J connectivity index is 1.43. The van der Waals surface area contributed by atoms with Crippen LogP contribution in [-0.4, -0.2) is 13.7 Å². The van der Waals surface area contributed by atoms with E-state index in [-0.39, 0.29) is 0 Å². The molecule has 216 valence electrons. The molecule has 0 atom stereocenters. The minimum atomic E-state index is 1.02. The Hall–Kier alpha value is -5.54. The summed E-state index contributed by atoms with van der Waals surface area (Å²) in [5.41, 5.74) is 13.6. The maximum atomic E-state index is 2.52. The second-order valence-corrected chi connectivity index (χ2v) is 12.1. The van der Waals surface area contributed by atoms with Crippen LogP contribution in [0.1, 0.15) is 35.9 Å². The van der Waals surface area contributed by atoms with Crippen LogP contribution in [0.15, 0.2) is 127 Å². The maximum Gasteiger partial charge on any atom is 0.0541 e. The lowest BCUT2D eigenvalue weighted by molar-refractivity contribution is 0.886. The lowest BCUT2D eigenvalue weighted by Crippen LogP contribution is -2.07. The number of hydrogen-bond acceptors (Lipinski definition) is 0. The molecule has 3 aromatic heterocycles. The highest BCUT2D eigenvalue weighted by Crippen LogP contribution is 2.39. The van der Waals surface area contributed by atoms with E-state index < -0.39 is 0 Å². The lowest BCUT2D eigenvalue weighted by atomic mass is 10.0. The first-order valence-corrected chi connectivity index (χ1v) is 15.9. The zero-order chi connectivity index (χ0) is 30.1. The Morgan fingerprint density at radius 1 is 0.556 bits per heavy atom. The third-order valence-electron chi connectivity index (χ3n) is 9.58. The maximum absolute atomic E-state index is 2.52. The normalized spacial score (nSPS) is 13.2. The molecular weight excluding hydrogens is 546 g/mol. The molecule has 3 heteroatoms. The summed E-state index contributed by atoms with van der Waals surface area (Å²) < 4.78 is 7.41. The average Bonchev–Trinajstić information content (AvgIpc) is 3.70. The highest BCUT2D eigenvalue weighted by atomic mass is 15.0. The zero-order valence-corrected chi connectivity index (χ0v) is 25.5. The Labute approximate surface area is 262 Å². The van der Waals surface area contributed by atoms with E-state index in [2.05, 4.69) is 167 Å². The summed E-state index contributed by atoms with van der Waals surface area (Å²) in [6.07, 6.45) is 11.1. The summed E-state index contributed by atoms with van der Waals surface area (Å²) in [6, 6.07) is 42.4. The topological polar surface area (TPSA) is 14.8 Å². The molecule has 8 aromatic rings. The molecule has 0 saturated carbocycles. The first kappa shape index (κ1) is 25.9. The Morgan fingerprint density at radius 2 is 1.04 bits per heavy atom. The predicted molar refractivity (Wildman–Crippen MR) is 191 cm³/mol. The number of allylic oxidation sites excluding steroid dienone is 2. The molecule has 1 aliphatic rings. The van der Waals surface area contributed by atoms with Crippen molar-refractivity contribution in [2.75, 3.05) is 0 Å². The van der Waals surface area contributed by atoms with Gasteiger partial charge in [0.1, 0.15) is 0 Å². The van der Waals surface area contributed by atoms with Gasteiger partial charge in [0.15, 0.2) is 0 Å². The summed E-state index contributed by atoms with van der Waals surface area (Å²) >= 11 is 0. The van der Waals surface area contributed by atoms with E-state index in [1.54, 1.807) is 0 Å². The molecule has 1 aliphatic carbocycles. The van der Waals surface area contributed by atoms with Gasteiger partial charge in [-0.2, -0.15) is 0 Å². The summed E-state index contributed by atoms with van der Waals surface area (Å²) in [4.78, 5) is 0. The van der Waals surface area contributed by atoms with E-state index in [1.165, 1.54) is 71.8 Å². The molecule has 0 spiro atoms. The number of aromatic nitrogens is 3. The minimum absolute atomic E-state index is 1.02. The fourth-order valence-corrected chi connectivity index (χ4v) is 7.74. The van der Waals surface area contributed by atoms with E-state index in [0.717, 1.165) is 24.2 Å². The van der Waals surface area contributed by atoms with Crippen LogP contribution in [-0.2, 0) is 6.42 Å². The van der Waals surface area contributed by atoms with Crippen molar-refractivity contribution < 1.29 is 0 Å². The number of hydrogen-bond donors (Lipinski definition) is 0. The van der Waals surface area contributed by atoms with Gasteiger partial charge in [-0.15, -0.1) is 0 Å². The molecule has 0 bridgehead atoms. The third-order valence-corrected chi connectivity index (χ3v) is 9.58. The van der Waals surface area contributed by atoms with E-state index in [0.29, 0.717) is 0 Å². The zero-order valence-electron chi connectivity index (χ0n) is 25.5. The fraction of sp³-hybridized carbons (Fsp3) is 0.0952. The van der Waals surface area contributed by atoms with Gasteiger partial charge in [-0.1, -0.05) is 97.1 Å². The molecule has 0 radical (unpaired) electrons. The molecule has 5 aromatic carbocycles. The largest absolute Gasteiger partial charge is 0.313 e. The van der Waals surface area contributed by atoms with Gasteiger partial charge in [0, 0.05) is 44.1 Å². The van der Waals surface area contributed by atoms with E-state index in [1.807, 2.05) is 0 Å². The van der Waals surface area contributed by atoms with Gasteiger partial charge in [0.05, 0.1) is 39.1 Å². The fourth-order valence-electron chi connectivity index (χ4n) is 7.74. The van der Waals surface area contributed by atoms with Crippen LogP contribution in [0.3, 0.4) is 0 Å². The molecule has 0 unspecified atom stereocenters. The van der Waals surface area contributed by atoms with Crippen molar-refractivity contribution in [3.63, 3.8) is 0 Å².